The van der Waals surface area contributed by atoms with Crippen molar-refractivity contribution in [3.63, 3.8) is 0 Å². The van der Waals surface area contributed by atoms with Crippen LogP contribution in [-0.4, -0.2) is 6.88 Å². The van der Waals surface area contributed by atoms with Gasteiger partial charge in [-0.15, -0.1) is 81.8 Å². The molecule has 46 heavy (non-hydrogen) atoms. The Labute approximate surface area is 306 Å². The predicted octanol–water partition coefficient (Wildman–Crippen LogP) is 12.9. The Kier molecular flexibility index (Phi) is 17.5. The molecule has 7 rings (SSSR count). The first-order valence-corrected chi connectivity index (χ1v) is 18.6. The summed E-state index contributed by atoms with van der Waals surface area (Å²) in [4.78, 5) is 0. The Morgan fingerprint density at radius 3 is 1.48 bits per heavy atom. The van der Waals surface area contributed by atoms with E-state index >= 15 is 0 Å². The maximum atomic E-state index is 3.06. The van der Waals surface area contributed by atoms with Crippen molar-refractivity contribution in [3.8, 4) is 33.4 Å². The molecule has 0 nitrogen and oxygen atoms in total. The molecule has 7 aromatic carbocycles. The van der Waals surface area contributed by atoms with Gasteiger partial charge in [0.05, 0.1) is 0 Å². The van der Waals surface area contributed by atoms with E-state index in [1.165, 1.54) is 89.4 Å². The number of fused-ring (bicyclic) bond motifs is 2. The van der Waals surface area contributed by atoms with Crippen molar-refractivity contribution in [3.05, 3.63) is 172 Å². The summed E-state index contributed by atoms with van der Waals surface area (Å²) in [5, 5.41) is 5.39. The Balaban J connectivity index is 0.000000409. The van der Waals surface area contributed by atoms with E-state index in [0.717, 1.165) is 0 Å². The molecule has 0 aliphatic heterocycles. The van der Waals surface area contributed by atoms with Crippen LogP contribution in [0.1, 0.15) is 30.9 Å². The molecule has 0 heterocycles. The van der Waals surface area contributed by atoms with E-state index in [4.69, 9.17) is 0 Å². The average molecular weight is 737 g/mol. The number of hydrogen-bond donors (Lipinski definition) is 0. The first-order chi connectivity index (χ1) is 20.6. The van der Waals surface area contributed by atoms with E-state index in [0.29, 0.717) is 5.92 Å². The molecule has 0 saturated carbocycles. The van der Waals surface area contributed by atoms with Gasteiger partial charge in [-0.05, 0) is 17.0 Å². The quantitative estimate of drug-likeness (QED) is 0.125. The molecule has 0 aromatic heterocycles. The topological polar surface area (TPSA) is 0 Å². The normalized spacial score (nSPS) is 9.72. The van der Waals surface area contributed by atoms with Crippen LogP contribution in [0.4, 0.5) is 0 Å². The van der Waals surface area contributed by atoms with Gasteiger partial charge in [0.15, 0.2) is 0 Å². The van der Waals surface area contributed by atoms with E-state index in [9.17, 15) is 0 Å². The van der Waals surface area contributed by atoms with Gasteiger partial charge in [-0.1, -0.05) is 152 Å². The van der Waals surface area contributed by atoms with E-state index in [-0.39, 0.29) is 39.7 Å². The molecule has 4 heteroatoms. The van der Waals surface area contributed by atoms with Crippen molar-refractivity contribution in [2.45, 2.75) is 26.7 Å². The average Bonchev–Trinajstić information content (AvgIpc) is 3.67. The van der Waals surface area contributed by atoms with Crippen LogP contribution in [0, 0.1) is 21.8 Å². The number of hydrogen-bond acceptors (Lipinski definition) is 0. The molecule has 0 unspecified atom stereocenters. The van der Waals surface area contributed by atoms with Gasteiger partial charge in [-0.25, -0.2) is 0 Å². The molecule has 0 saturated heterocycles. The van der Waals surface area contributed by atoms with Crippen LogP contribution in [0.15, 0.2) is 146 Å². The van der Waals surface area contributed by atoms with Gasteiger partial charge < -0.3 is 14.9 Å². The van der Waals surface area contributed by atoms with Crippen molar-refractivity contribution in [1.82, 2.24) is 0 Å². The fourth-order valence-corrected chi connectivity index (χ4v) is 5.64. The zero-order valence-electron chi connectivity index (χ0n) is 27.3. The van der Waals surface area contributed by atoms with Crippen LogP contribution >= 0.6 is 24.8 Å². The number of halogens is 2. The van der Waals surface area contributed by atoms with E-state index in [1.807, 2.05) is 0 Å². The summed E-state index contributed by atoms with van der Waals surface area (Å²) in [5.41, 5.74) is 10.5. The second-order valence-corrected chi connectivity index (χ2v) is 10.9. The molecule has 2 radical (unpaired) electrons. The van der Waals surface area contributed by atoms with Gasteiger partial charge in [0.1, 0.15) is 0 Å². The Hall–Kier alpha value is -3.00. The Morgan fingerprint density at radius 2 is 0.978 bits per heavy atom. The van der Waals surface area contributed by atoms with Crippen molar-refractivity contribution in [2.24, 2.45) is 0 Å². The third-order valence-electron chi connectivity index (χ3n) is 7.73. The predicted molar refractivity (Wildman–Crippen MR) is 207 cm³/mol. The molecular weight excluding hydrogens is 695 g/mol. The molecule has 0 atom stereocenters. The second kappa shape index (κ2) is 19.6. The SMILES string of the molecule is CC(C)c1cc2c(-c3ccccc3)cccc2[cH-]1.Cc1cc2c(-c3ccccc3)ccc(-c3ccccc3)c2[cH-]1.Cl.Cl.[CH3-].[CH3-].[Si]=[Zr]. The van der Waals surface area contributed by atoms with Gasteiger partial charge in [-0.2, -0.15) is 12.1 Å². The van der Waals surface area contributed by atoms with Crippen molar-refractivity contribution in [1.29, 1.82) is 0 Å². The molecule has 0 spiro atoms. The molecule has 0 fully saturated rings. The summed E-state index contributed by atoms with van der Waals surface area (Å²) in [6, 6.07) is 52.2. The van der Waals surface area contributed by atoms with E-state index in [1.54, 1.807) is 0 Å². The number of rotatable bonds is 4. The van der Waals surface area contributed by atoms with Gasteiger partial charge in [-0.3, -0.25) is 0 Å². The zero-order chi connectivity index (χ0) is 29.5. The summed E-state index contributed by atoms with van der Waals surface area (Å²) in [7, 11) is 0. The summed E-state index contributed by atoms with van der Waals surface area (Å²) >= 11 is 1.36. The summed E-state index contributed by atoms with van der Waals surface area (Å²) < 4.78 is 0. The van der Waals surface area contributed by atoms with Gasteiger partial charge in [0.25, 0.3) is 0 Å². The Morgan fingerprint density at radius 1 is 0.522 bits per heavy atom. The van der Waals surface area contributed by atoms with Crippen molar-refractivity contribution >= 4 is 53.2 Å². The van der Waals surface area contributed by atoms with E-state index < -0.39 is 0 Å². The second-order valence-electron chi connectivity index (χ2n) is 10.9. The summed E-state index contributed by atoms with van der Waals surface area (Å²) in [6.07, 6.45) is 0. The van der Waals surface area contributed by atoms with Crippen LogP contribution in [0.5, 0.6) is 0 Å². The monoisotopic (exact) mass is 734 g/mol. The third kappa shape index (κ3) is 9.30. The molecule has 0 amide bonds. The van der Waals surface area contributed by atoms with Crippen LogP contribution in [0.25, 0.3) is 54.9 Å². The maximum absolute atomic E-state index is 3.06. The summed E-state index contributed by atoms with van der Waals surface area (Å²) in [5.74, 6) is 0.584. The first-order valence-electron chi connectivity index (χ1n) is 14.4. The molecule has 0 bridgehead atoms. The van der Waals surface area contributed by atoms with Crippen molar-refractivity contribution in [2.75, 3.05) is 0 Å². The van der Waals surface area contributed by atoms with Crippen LogP contribution in [-0.2, 0) is 23.3 Å². The van der Waals surface area contributed by atoms with Crippen molar-refractivity contribution < 1.29 is 23.3 Å². The Bertz CT molecular complexity index is 1810. The van der Waals surface area contributed by atoms with Crippen LogP contribution < -0.4 is 0 Å². The minimum absolute atomic E-state index is 0. The number of benzene rings is 5. The molecule has 7 aromatic rings. The van der Waals surface area contributed by atoms with Gasteiger partial charge >= 0.3 is 30.2 Å². The number of aryl methyl sites for hydroxylation is 1. The van der Waals surface area contributed by atoms with Crippen LogP contribution in [0.3, 0.4) is 0 Å². The zero-order valence-corrected chi connectivity index (χ0v) is 32.3. The molecular formula is C42H42Cl2SiZr-4. The molecule has 0 N–H and O–H groups in total. The molecule has 236 valence electrons. The molecule has 0 aliphatic carbocycles. The van der Waals surface area contributed by atoms with Gasteiger partial charge in [0.2, 0.25) is 0 Å². The standard InChI is InChI=1S/C22H17.C18H17.2CH3.2ClH.Si.Zr/c1-16-14-21-19(17-8-4-2-5-9-17)12-13-20(22(21)15-16)18-10-6-3-7-11-18;1-13(2)16-11-15-9-6-10-17(18(15)12-16)14-7-4-3-5-8-14;;;;;;/h2-15H,1H3;3-13H,1-2H3;2*1H3;2*1H;;/q4*-1;;;;. The van der Waals surface area contributed by atoms with Crippen LogP contribution in [0.2, 0.25) is 0 Å². The summed E-state index contributed by atoms with van der Waals surface area (Å²) in [6.45, 7) is 9.73. The fraction of sp³-hybridized carbons (Fsp3) is 0.0952. The molecule has 0 aliphatic rings. The van der Waals surface area contributed by atoms with E-state index in [2.05, 4.69) is 173 Å². The minimum atomic E-state index is 0. The fourth-order valence-electron chi connectivity index (χ4n) is 5.64. The van der Waals surface area contributed by atoms with Gasteiger partial charge in [0, 0.05) is 0 Å². The third-order valence-corrected chi connectivity index (χ3v) is 7.73. The first kappa shape index (κ1) is 41.0.